The third-order valence-corrected chi connectivity index (χ3v) is 4.59. The summed E-state index contributed by atoms with van der Waals surface area (Å²) < 4.78 is 22.6. The Labute approximate surface area is 105 Å². The zero-order valence-corrected chi connectivity index (χ0v) is 11.3. The Bertz CT molecular complexity index is 535. The summed E-state index contributed by atoms with van der Waals surface area (Å²) in [6.07, 6.45) is 1.20. The first-order valence-corrected chi connectivity index (χ1v) is 8.10. The number of sulfone groups is 1. The maximum atomic E-state index is 11.3. The Morgan fingerprint density at radius 1 is 1.35 bits per heavy atom. The minimum atomic E-state index is -3.12. The number of nitrogens with zero attached hydrogens (tertiary/aromatic N) is 1. The largest absolute Gasteiger partial charge is 0.335 e. The highest BCUT2D eigenvalue weighted by Crippen LogP contribution is 2.20. The number of hydrogen-bond donors (Lipinski definition) is 1. The van der Waals surface area contributed by atoms with E-state index in [1.807, 2.05) is 0 Å². The predicted octanol–water partition coefficient (Wildman–Crippen LogP) is 1.99. The number of nitrogens with one attached hydrogen (secondary N) is 1. The van der Waals surface area contributed by atoms with Gasteiger partial charge in [-0.25, -0.2) is 8.42 Å². The molecule has 0 radical (unpaired) electrons. The molecule has 1 aromatic rings. The van der Waals surface area contributed by atoms with Gasteiger partial charge in [0, 0.05) is 17.7 Å². The summed E-state index contributed by atoms with van der Waals surface area (Å²) in [5.74, 6) is 0.990. The average molecular weight is 270 g/mol. The monoisotopic (exact) mass is 270 g/mol. The van der Waals surface area contributed by atoms with Crippen molar-refractivity contribution in [3.05, 3.63) is 24.3 Å². The van der Waals surface area contributed by atoms with Crippen LogP contribution in [0.25, 0.3) is 0 Å². The van der Waals surface area contributed by atoms with Gasteiger partial charge in [-0.15, -0.1) is 0 Å². The second-order valence-corrected chi connectivity index (χ2v) is 7.04. The molecule has 1 N–H and O–H groups in total. The molecule has 0 fully saturated rings. The van der Waals surface area contributed by atoms with E-state index in [1.54, 1.807) is 36.0 Å². The molecule has 0 bridgehead atoms. The summed E-state index contributed by atoms with van der Waals surface area (Å²) in [7, 11) is -3.12. The van der Waals surface area contributed by atoms with E-state index in [2.05, 4.69) is 17.2 Å². The van der Waals surface area contributed by atoms with Gasteiger partial charge in [-0.2, -0.15) is 0 Å². The molecular formula is C11H14N2O2S2. The molecule has 1 heterocycles. The Hall–Kier alpha value is -1.01. The molecule has 1 aliphatic rings. The number of thioether (sulfide) groups is 1. The molecule has 6 heteroatoms. The highest BCUT2D eigenvalue weighted by molar-refractivity contribution is 8.14. The molecule has 0 spiro atoms. The van der Waals surface area contributed by atoms with Crippen molar-refractivity contribution >= 4 is 32.5 Å². The molecule has 1 atom stereocenters. The van der Waals surface area contributed by atoms with Crippen LogP contribution < -0.4 is 5.32 Å². The maximum Gasteiger partial charge on any atom is 0.175 e. The van der Waals surface area contributed by atoms with Crippen molar-refractivity contribution in [1.29, 1.82) is 0 Å². The number of amidine groups is 1. The van der Waals surface area contributed by atoms with E-state index >= 15 is 0 Å². The zero-order chi connectivity index (χ0) is 12.5. The van der Waals surface area contributed by atoms with Gasteiger partial charge in [0.1, 0.15) is 0 Å². The first-order valence-electron chi connectivity index (χ1n) is 5.23. The van der Waals surface area contributed by atoms with Gasteiger partial charge in [-0.3, -0.25) is 4.99 Å². The Kier molecular flexibility index (Phi) is 3.44. The van der Waals surface area contributed by atoms with Gasteiger partial charge < -0.3 is 5.32 Å². The van der Waals surface area contributed by atoms with Crippen LogP contribution in [0, 0.1) is 0 Å². The lowest BCUT2D eigenvalue weighted by molar-refractivity contribution is 0.602. The molecule has 1 aliphatic heterocycles. The molecule has 0 saturated carbocycles. The minimum Gasteiger partial charge on any atom is -0.335 e. The molecule has 92 valence electrons. The standard InChI is InChI=1S/C11H14N2O2S2/c1-8-7-16-11(12-8)13-9-3-5-10(6-4-9)17(2,14)15/h3-6,8H,7H2,1-2H3,(H,12,13). The van der Waals surface area contributed by atoms with E-state index in [4.69, 9.17) is 0 Å². The van der Waals surface area contributed by atoms with Gasteiger partial charge >= 0.3 is 0 Å². The van der Waals surface area contributed by atoms with Crippen LogP contribution in [0.2, 0.25) is 0 Å². The molecule has 2 rings (SSSR count). The van der Waals surface area contributed by atoms with Crippen LogP contribution in [0.5, 0.6) is 0 Å². The van der Waals surface area contributed by atoms with Crippen LogP contribution in [0.3, 0.4) is 0 Å². The third-order valence-electron chi connectivity index (χ3n) is 2.33. The lowest BCUT2D eigenvalue weighted by Gasteiger charge is -2.05. The van der Waals surface area contributed by atoms with Gasteiger partial charge in [-0.1, -0.05) is 11.8 Å². The summed E-state index contributed by atoms with van der Waals surface area (Å²) in [6, 6.07) is 7.05. The smallest absolute Gasteiger partial charge is 0.175 e. The first kappa shape index (κ1) is 12.4. The van der Waals surface area contributed by atoms with Gasteiger partial charge in [0.2, 0.25) is 0 Å². The van der Waals surface area contributed by atoms with Crippen LogP contribution in [-0.4, -0.2) is 31.6 Å². The van der Waals surface area contributed by atoms with Gasteiger partial charge in [0.25, 0.3) is 0 Å². The van der Waals surface area contributed by atoms with Crippen LogP contribution >= 0.6 is 11.8 Å². The molecule has 0 saturated heterocycles. The van der Waals surface area contributed by atoms with E-state index in [9.17, 15) is 8.42 Å². The lowest BCUT2D eigenvalue weighted by Crippen LogP contribution is -2.05. The first-order chi connectivity index (χ1) is 7.95. The second-order valence-electron chi connectivity index (χ2n) is 4.02. The van der Waals surface area contributed by atoms with Crippen molar-refractivity contribution in [2.24, 2.45) is 4.99 Å². The van der Waals surface area contributed by atoms with Gasteiger partial charge in [0.15, 0.2) is 15.0 Å². The average Bonchev–Trinajstić information content (AvgIpc) is 2.63. The third kappa shape index (κ3) is 3.23. The summed E-state index contributed by atoms with van der Waals surface area (Å²) in [4.78, 5) is 4.74. The van der Waals surface area contributed by atoms with E-state index in [-0.39, 0.29) is 0 Å². The van der Waals surface area contributed by atoms with Crippen molar-refractivity contribution in [2.75, 3.05) is 17.3 Å². The van der Waals surface area contributed by atoms with E-state index in [0.717, 1.165) is 16.6 Å². The fourth-order valence-electron chi connectivity index (χ4n) is 1.45. The van der Waals surface area contributed by atoms with Crippen molar-refractivity contribution < 1.29 is 8.42 Å². The molecule has 1 aromatic carbocycles. The minimum absolute atomic E-state index is 0.331. The molecule has 4 nitrogen and oxygen atoms in total. The Balaban J connectivity index is 2.12. The normalized spacial score (nSPS) is 20.1. The van der Waals surface area contributed by atoms with E-state index in [1.165, 1.54) is 6.26 Å². The number of aliphatic imine (C=N–C) groups is 1. The van der Waals surface area contributed by atoms with Crippen molar-refractivity contribution in [3.63, 3.8) is 0 Å². The van der Waals surface area contributed by atoms with Crippen molar-refractivity contribution in [1.82, 2.24) is 0 Å². The maximum absolute atomic E-state index is 11.3. The molecular weight excluding hydrogens is 256 g/mol. The molecule has 0 aromatic heterocycles. The van der Waals surface area contributed by atoms with Crippen LogP contribution in [0.15, 0.2) is 34.2 Å². The summed E-state index contributed by atoms with van der Waals surface area (Å²) in [5, 5.41) is 4.06. The molecule has 0 amide bonds. The number of benzene rings is 1. The Morgan fingerprint density at radius 3 is 2.47 bits per heavy atom. The van der Waals surface area contributed by atoms with E-state index < -0.39 is 9.84 Å². The Morgan fingerprint density at radius 2 is 2.00 bits per heavy atom. The molecule has 17 heavy (non-hydrogen) atoms. The fourth-order valence-corrected chi connectivity index (χ4v) is 3.00. The van der Waals surface area contributed by atoms with Crippen LogP contribution in [0.4, 0.5) is 5.69 Å². The number of hydrogen-bond acceptors (Lipinski definition) is 5. The summed E-state index contributed by atoms with van der Waals surface area (Å²) >= 11 is 1.68. The summed E-state index contributed by atoms with van der Waals surface area (Å²) in [5.41, 5.74) is 0.859. The topological polar surface area (TPSA) is 58.5 Å². The SMILES string of the molecule is CC1CSC(Nc2ccc(S(C)(=O)=O)cc2)=N1. The quantitative estimate of drug-likeness (QED) is 0.893. The van der Waals surface area contributed by atoms with Gasteiger partial charge in [-0.05, 0) is 31.2 Å². The highest BCUT2D eigenvalue weighted by Gasteiger charge is 2.14. The fraction of sp³-hybridized carbons (Fsp3) is 0.364. The van der Waals surface area contributed by atoms with Crippen LogP contribution in [-0.2, 0) is 9.84 Å². The number of rotatable bonds is 2. The van der Waals surface area contributed by atoms with E-state index in [0.29, 0.717) is 10.9 Å². The zero-order valence-electron chi connectivity index (χ0n) is 9.67. The highest BCUT2D eigenvalue weighted by atomic mass is 32.2. The summed E-state index contributed by atoms with van der Waals surface area (Å²) in [6.45, 7) is 2.06. The van der Waals surface area contributed by atoms with Gasteiger partial charge in [0.05, 0.1) is 10.9 Å². The van der Waals surface area contributed by atoms with Crippen LogP contribution in [0.1, 0.15) is 6.92 Å². The number of anilines is 1. The molecule has 0 aliphatic carbocycles. The second kappa shape index (κ2) is 4.70. The predicted molar refractivity (Wildman–Crippen MR) is 72.5 cm³/mol. The van der Waals surface area contributed by atoms with Crippen molar-refractivity contribution in [2.45, 2.75) is 17.9 Å². The molecule has 1 unspecified atom stereocenters. The lowest BCUT2D eigenvalue weighted by atomic mass is 10.3. The van der Waals surface area contributed by atoms with Crippen molar-refractivity contribution in [3.8, 4) is 0 Å².